The highest BCUT2D eigenvalue weighted by atomic mass is 32.2. The van der Waals surface area contributed by atoms with Gasteiger partial charge in [-0.2, -0.15) is 4.31 Å². The Kier molecular flexibility index (Phi) is 6.74. The van der Waals surface area contributed by atoms with E-state index in [0.717, 1.165) is 49.2 Å². The lowest BCUT2D eigenvalue weighted by molar-refractivity contribution is 0.0724. The first-order valence-corrected chi connectivity index (χ1v) is 12.5. The average Bonchev–Trinajstić information content (AvgIpc) is 2.80. The lowest BCUT2D eigenvalue weighted by atomic mass is 10.1. The highest BCUT2D eigenvalue weighted by Gasteiger charge is 2.28. The summed E-state index contributed by atoms with van der Waals surface area (Å²) in [6.07, 6.45) is 3.37. The van der Waals surface area contributed by atoms with Crippen molar-refractivity contribution in [2.45, 2.75) is 37.6 Å². The van der Waals surface area contributed by atoms with Gasteiger partial charge in [0.1, 0.15) is 0 Å². The molecule has 0 unspecified atom stereocenters. The van der Waals surface area contributed by atoms with Gasteiger partial charge < -0.3 is 4.90 Å². The minimum Gasteiger partial charge on any atom is -0.339 e. The first-order valence-electron chi connectivity index (χ1n) is 11.1. The summed E-state index contributed by atoms with van der Waals surface area (Å²) in [6, 6.07) is 14.9. The van der Waals surface area contributed by atoms with Crippen LogP contribution in [0.1, 0.15) is 40.7 Å². The van der Waals surface area contributed by atoms with E-state index in [2.05, 4.69) is 4.90 Å². The third-order valence-electron chi connectivity index (χ3n) is 6.21. The standard InChI is InChI=1S/C24H31N3O3S/c1-20-8-10-23(11-9-20)31(29,30)27-16-14-25(15-17-27)19-21-6-5-7-22(18-21)24(28)26-12-3-2-4-13-26/h5-11,18H,2-4,12-17,19H2,1H3. The molecule has 2 fully saturated rings. The van der Waals surface area contributed by atoms with Crippen molar-refractivity contribution in [1.82, 2.24) is 14.1 Å². The Morgan fingerprint density at radius 1 is 0.871 bits per heavy atom. The predicted molar refractivity (Wildman–Crippen MR) is 121 cm³/mol. The van der Waals surface area contributed by atoms with Crippen LogP contribution in [0.5, 0.6) is 0 Å². The van der Waals surface area contributed by atoms with Crippen molar-refractivity contribution in [1.29, 1.82) is 0 Å². The van der Waals surface area contributed by atoms with Crippen LogP contribution in [0.25, 0.3) is 0 Å². The second kappa shape index (κ2) is 9.51. The number of likely N-dealkylation sites (tertiary alicyclic amines) is 1. The number of hydrogen-bond donors (Lipinski definition) is 0. The summed E-state index contributed by atoms with van der Waals surface area (Å²) in [5, 5.41) is 0. The number of carbonyl (C=O) groups is 1. The van der Waals surface area contributed by atoms with E-state index in [1.165, 1.54) is 6.42 Å². The second-order valence-electron chi connectivity index (χ2n) is 8.55. The predicted octanol–water partition coefficient (Wildman–Crippen LogP) is 3.13. The molecule has 0 atom stereocenters. The minimum absolute atomic E-state index is 0.121. The molecule has 2 aliphatic heterocycles. The number of sulfonamides is 1. The Labute approximate surface area is 185 Å². The lowest BCUT2D eigenvalue weighted by Crippen LogP contribution is -2.48. The molecule has 0 radical (unpaired) electrons. The van der Waals surface area contributed by atoms with Crippen LogP contribution in [0, 0.1) is 6.92 Å². The zero-order valence-electron chi connectivity index (χ0n) is 18.2. The fraction of sp³-hybridized carbons (Fsp3) is 0.458. The summed E-state index contributed by atoms with van der Waals surface area (Å²) in [5.74, 6) is 0.121. The van der Waals surface area contributed by atoms with E-state index in [-0.39, 0.29) is 5.91 Å². The van der Waals surface area contributed by atoms with Crippen LogP contribution in [0.3, 0.4) is 0 Å². The number of benzene rings is 2. The Balaban J connectivity index is 1.36. The fourth-order valence-corrected chi connectivity index (χ4v) is 5.75. The second-order valence-corrected chi connectivity index (χ2v) is 10.5. The van der Waals surface area contributed by atoms with E-state index >= 15 is 0 Å². The summed E-state index contributed by atoms with van der Waals surface area (Å²) >= 11 is 0. The van der Waals surface area contributed by atoms with Crippen molar-refractivity contribution in [3.8, 4) is 0 Å². The van der Waals surface area contributed by atoms with Crippen LogP contribution < -0.4 is 0 Å². The molecule has 0 spiro atoms. The molecule has 2 aromatic carbocycles. The van der Waals surface area contributed by atoms with Crippen LogP contribution in [0.15, 0.2) is 53.4 Å². The molecule has 0 saturated carbocycles. The maximum absolute atomic E-state index is 12.9. The minimum atomic E-state index is -3.45. The molecule has 2 saturated heterocycles. The van der Waals surface area contributed by atoms with E-state index in [0.29, 0.717) is 31.1 Å². The molecule has 0 N–H and O–H groups in total. The molecule has 166 valence electrons. The maximum Gasteiger partial charge on any atom is 0.253 e. The number of aryl methyl sites for hydroxylation is 1. The van der Waals surface area contributed by atoms with Crippen molar-refractivity contribution in [2.24, 2.45) is 0 Å². The normalized spacial score (nSPS) is 18.8. The highest BCUT2D eigenvalue weighted by molar-refractivity contribution is 7.89. The third-order valence-corrected chi connectivity index (χ3v) is 8.13. The molecule has 4 rings (SSSR count). The summed E-state index contributed by atoms with van der Waals surface area (Å²) in [4.78, 5) is 17.4. The molecule has 1 amide bonds. The Morgan fingerprint density at radius 2 is 1.55 bits per heavy atom. The molecule has 6 nitrogen and oxygen atoms in total. The van der Waals surface area contributed by atoms with Crippen molar-refractivity contribution < 1.29 is 13.2 Å². The van der Waals surface area contributed by atoms with Crippen LogP contribution in [0.4, 0.5) is 0 Å². The van der Waals surface area contributed by atoms with E-state index in [9.17, 15) is 13.2 Å². The largest absolute Gasteiger partial charge is 0.339 e. The van der Waals surface area contributed by atoms with Gasteiger partial charge in [0, 0.05) is 51.4 Å². The molecular formula is C24H31N3O3S. The van der Waals surface area contributed by atoms with Gasteiger partial charge in [0.15, 0.2) is 0 Å². The molecule has 7 heteroatoms. The monoisotopic (exact) mass is 441 g/mol. The van der Waals surface area contributed by atoms with E-state index in [1.54, 1.807) is 16.4 Å². The van der Waals surface area contributed by atoms with Gasteiger partial charge in [0.2, 0.25) is 10.0 Å². The summed E-state index contributed by atoms with van der Waals surface area (Å²) < 4.78 is 27.4. The summed E-state index contributed by atoms with van der Waals surface area (Å²) in [7, 11) is -3.45. The van der Waals surface area contributed by atoms with Gasteiger partial charge in [-0.1, -0.05) is 29.8 Å². The fourth-order valence-electron chi connectivity index (χ4n) is 4.33. The zero-order chi connectivity index (χ0) is 21.8. The van der Waals surface area contributed by atoms with Crippen molar-refractivity contribution in [2.75, 3.05) is 39.3 Å². The van der Waals surface area contributed by atoms with Gasteiger partial charge in [-0.3, -0.25) is 9.69 Å². The van der Waals surface area contributed by atoms with Gasteiger partial charge >= 0.3 is 0 Å². The van der Waals surface area contributed by atoms with Crippen molar-refractivity contribution in [3.63, 3.8) is 0 Å². The van der Waals surface area contributed by atoms with Gasteiger partial charge in [0.25, 0.3) is 5.91 Å². The molecular weight excluding hydrogens is 410 g/mol. The van der Waals surface area contributed by atoms with Crippen LogP contribution in [-0.4, -0.2) is 67.7 Å². The van der Waals surface area contributed by atoms with Crippen LogP contribution in [-0.2, 0) is 16.6 Å². The number of nitrogens with zero attached hydrogens (tertiary/aromatic N) is 3. The third kappa shape index (κ3) is 5.17. The molecule has 2 heterocycles. The van der Waals surface area contributed by atoms with Crippen LogP contribution in [0.2, 0.25) is 0 Å². The maximum atomic E-state index is 12.9. The van der Waals surface area contributed by atoms with Crippen molar-refractivity contribution in [3.05, 3.63) is 65.2 Å². The number of amides is 1. The number of rotatable bonds is 5. The first-order chi connectivity index (χ1) is 14.9. The summed E-state index contributed by atoms with van der Waals surface area (Å²) in [6.45, 7) is 6.67. The molecule has 0 bridgehead atoms. The summed E-state index contributed by atoms with van der Waals surface area (Å²) in [5.41, 5.74) is 2.89. The smallest absolute Gasteiger partial charge is 0.253 e. The first kappa shape index (κ1) is 22.0. The van der Waals surface area contributed by atoms with E-state index < -0.39 is 10.0 Å². The number of piperazine rings is 1. The lowest BCUT2D eigenvalue weighted by Gasteiger charge is -2.34. The van der Waals surface area contributed by atoms with Gasteiger partial charge in [-0.05, 0) is 56.0 Å². The average molecular weight is 442 g/mol. The Bertz CT molecular complexity index is 1010. The quantitative estimate of drug-likeness (QED) is 0.715. The van der Waals surface area contributed by atoms with Gasteiger partial charge in [-0.15, -0.1) is 0 Å². The Morgan fingerprint density at radius 3 is 2.23 bits per heavy atom. The number of piperidine rings is 1. The zero-order valence-corrected chi connectivity index (χ0v) is 19.0. The highest BCUT2D eigenvalue weighted by Crippen LogP contribution is 2.20. The SMILES string of the molecule is Cc1ccc(S(=O)(=O)N2CCN(Cc3cccc(C(=O)N4CCCCC4)c3)CC2)cc1. The van der Waals surface area contributed by atoms with Crippen molar-refractivity contribution >= 4 is 15.9 Å². The van der Waals surface area contributed by atoms with Gasteiger partial charge in [0.05, 0.1) is 4.90 Å². The molecule has 0 aliphatic carbocycles. The molecule has 2 aliphatic rings. The van der Waals surface area contributed by atoms with Crippen LogP contribution >= 0.6 is 0 Å². The van der Waals surface area contributed by atoms with E-state index in [1.807, 2.05) is 48.2 Å². The van der Waals surface area contributed by atoms with Gasteiger partial charge in [-0.25, -0.2) is 8.42 Å². The number of carbonyl (C=O) groups excluding carboxylic acids is 1. The molecule has 31 heavy (non-hydrogen) atoms. The topological polar surface area (TPSA) is 60.9 Å². The molecule has 0 aromatic heterocycles. The van der Waals surface area contributed by atoms with E-state index in [4.69, 9.17) is 0 Å². The Hall–Kier alpha value is -2.22. The number of hydrogen-bond acceptors (Lipinski definition) is 4. The molecule has 2 aromatic rings.